The van der Waals surface area contributed by atoms with Crippen molar-refractivity contribution >= 4 is 52.6 Å². The predicted octanol–water partition coefficient (Wildman–Crippen LogP) is 5.00. The van der Waals surface area contributed by atoms with E-state index in [1.165, 1.54) is 31.4 Å². The van der Waals surface area contributed by atoms with Gasteiger partial charge in [-0.15, -0.1) is 0 Å². The lowest BCUT2D eigenvalue weighted by Crippen LogP contribution is -2.55. The summed E-state index contributed by atoms with van der Waals surface area (Å²) in [5, 5.41) is 6.39. The number of carbonyl (C=O) groups excluding carboxylic acids is 4. The van der Waals surface area contributed by atoms with Crippen LogP contribution in [0, 0.1) is 0 Å². The van der Waals surface area contributed by atoms with E-state index in [1.807, 2.05) is 29.2 Å². The molecule has 0 bridgehead atoms. The van der Waals surface area contributed by atoms with Crippen molar-refractivity contribution in [1.82, 2.24) is 24.9 Å². The minimum Gasteiger partial charge on any atom is -0.342 e. The highest BCUT2D eigenvalue weighted by atomic mass is 35.5. The molecule has 2 aromatic carbocycles. The van der Waals surface area contributed by atoms with Gasteiger partial charge in [-0.2, -0.15) is 0 Å². The molecule has 1 atom stereocenters. The minimum atomic E-state index is -1.01. The normalized spacial score (nSPS) is 20.6. The number of hydrogen-bond acceptors (Lipinski definition) is 5. The van der Waals surface area contributed by atoms with Crippen LogP contribution in [0.4, 0.5) is 10.5 Å². The molecule has 4 aliphatic heterocycles. The van der Waals surface area contributed by atoms with Crippen molar-refractivity contribution in [3.8, 4) is 0 Å². The molecular weight excluding hydrogens is 627 g/mol. The van der Waals surface area contributed by atoms with Gasteiger partial charge in [0.05, 0.1) is 16.5 Å². The molecule has 0 saturated carbocycles. The fourth-order valence-corrected chi connectivity index (χ4v) is 7.58. The first-order chi connectivity index (χ1) is 22.3. The van der Waals surface area contributed by atoms with E-state index in [-0.39, 0.29) is 40.9 Å². The van der Waals surface area contributed by atoms with Crippen LogP contribution in [0.5, 0.6) is 0 Å². The Morgan fingerprint density at radius 3 is 2.22 bits per heavy atom. The first-order valence-electron chi connectivity index (χ1n) is 16.5. The van der Waals surface area contributed by atoms with E-state index in [2.05, 4.69) is 15.5 Å². The fraction of sp³-hybridized carbons (Fsp3) is 0.529. The van der Waals surface area contributed by atoms with Gasteiger partial charge in [-0.25, -0.2) is 4.79 Å². The van der Waals surface area contributed by atoms with Crippen LogP contribution < -0.4 is 10.6 Å². The molecule has 0 aliphatic carbocycles. The zero-order valence-corrected chi connectivity index (χ0v) is 27.6. The topological polar surface area (TPSA) is 105 Å². The summed E-state index contributed by atoms with van der Waals surface area (Å²) in [6.45, 7) is 4.89. The molecule has 4 heterocycles. The number of rotatable bonds is 7. The summed E-state index contributed by atoms with van der Waals surface area (Å²) in [5.74, 6) is -0.914. The molecule has 10 nitrogen and oxygen atoms in total. The van der Waals surface area contributed by atoms with Gasteiger partial charge in [0.15, 0.2) is 0 Å². The molecule has 0 aromatic heterocycles. The van der Waals surface area contributed by atoms with Crippen LogP contribution in [-0.4, -0.2) is 101 Å². The molecule has 12 heteroatoms. The number of para-hydroxylation sites is 1. The molecular formula is C34H42Cl2N6O4. The maximum atomic E-state index is 13.9. The van der Waals surface area contributed by atoms with Crippen molar-refractivity contribution in [2.45, 2.75) is 76.0 Å². The lowest BCUT2D eigenvalue weighted by atomic mass is 9.98. The van der Waals surface area contributed by atoms with E-state index in [0.717, 1.165) is 37.2 Å². The number of carbonyl (C=O) groups is 4. The summed E-state index contributed by atoms with van der Waals surface area (Å²) in [6.07, 6.45) is 6.63. The van der Waals surface area contributed by atoms with E-state index in [1.54, 1.807) is 15.9 Å². The van der Waals surface area contributed by atoms with E-state index in [4.69, 9.17) is 23.2 Å². The van der Waals surface area contributed by atoms with Crippen molar-refractivity contribution in [3.05, 3.63) is 63.6 Å². The average Bonchev–Trinajstić information content (AvgIpc) is 3.09. The maximum Gasteiger partial charge on any atom is 0.322 e. The van der Waals surface area contributed by atoms with Crippen molar-refractivity contribution in [1.29, 1.82) is 0 Å². The van der Waals surface area contributed by atoms with Gasteiger partial charge in [0.1, 0.15) is 6.04 Å². The second kappa shape index (κ2) is 14.6. The number of piperidine rings is 3. The first-order valence-corrected chi connectivity index (χ1v) is 17.2. The number of anilines is 1. The highest BCUT2D eigenvalue weighted by molar-refractivity contribution is 6.42. The molecule has 0 unspecified atom stereocenters. The predicted molar refractivity (Wildman–Crippen MR) is 178 cm³/mol. The highest BCUT2D eigenvalue weighted by Crippen LogP contribution is 2.28. The quantitative estimate of drug-likeness (QED) is 0.432. The number of benzene rings is 2. The third-order valence-corrected chi connectivity index (χ3v) is 10.7. The van der Waals surface area contributed by atoms with Crippen LogP contribution in [-0.2, 0) is 16.1 Å². The van der Waals surface area contributed by atoms with Gasteiger partial charge in [0.2, 0.25) is 11.8 Å². The third-order valence-electron chi connectivity index (χ3n) is 9.97. The van der Waals surface area contributed by atoms with Crippen LogP contribution in [0.25, 0.3) is 0 Å². The van der Waals surface area contributed by atoms with Gasteiger partial charge in [-0.3, -0.25) is 14.4 Å². The number of urea groups is 1. The van der Waals surface area contributed by atoms with E-state index in [0.29, 0.717) is 56.6 Å². The zero-order valence-electron chi connectivity index (χ0n) is 26.1. The third kappa shape index (κ3) is 7.45. The van der Waals surface area contributed by atoms with Crippen LogP contribution in [0.1, 0.15) is 67.3 Å². The Bertz CT molecular complexity index is 1450. The summed E-state index contributed by atoms with van der Waals surface area (Å²) in [4.78, 5) is 61.7. The van der Waals surface area contributed by atoms with Gasteiger partial charge in [0, 0.05) is 56.1 Å². The smallest absolute Gasteiger partial charge is 0.322 e. The van der Waals surface area contributed by atoms with Gasteiger partial charge >= 0.3 is 6.03 Å². The molecule has 0 radical (unpaired) electrons. The Balaban J connectivity index is 1.09. The number of amides is 5. The second-order valence-electron chi connectivity index (χ2n) is 12.8. The van der Waals surface area contributed by atoms with Crippen molar-refractivity contribution in [2.24, 2.45) is 0 Å². The van der Waals surface area contributed by atoms with Crippen molar-refractivity contribution < 1.29 is 19.2 Å². The van der Waals surface area contributed by atoms with Gasteiger partial charge < -0.3 is 30.2 Å². The standard InChI is InChI=1S/C34H42Cl2N6O4/c35-27-9-8-23(20-28(27)36)32(44)37-30(33(45)41-18-10-25(11-19-41)39-14-4-1-5-15-39)21-31(43)40-16-12-26(13-17-40)42-22-24-6-2-3-7-29(24)38-34(42)46/h2-3,6-9,20,25-26,30H,1,4-5,10-19,21-22H2,(H,37,44)(H,38,46)/t30-/m0/s1. The summed E-state index contributed by atoms with van der Waals surface area (Å²) in [6, 6.07) is 11.7. The number of hydrogen-bond donors (Lipinski definition) is 2. The number of nitrogens with zero attached hydrogens (tertiary/aromatic N) is 4. The number of fused-ring (bicyclic) bond motifs is 1. The molecule has 2 N–H and O–H groups in total. The monoisotopic (exact) mass is 668 g/mol. The summed E-state index contributed by atoms with van der Waals surface area (Å²) >= 11 is 12.2. The summed E-state index contributed by atoms with van der Waals surface area (Å²) in [7, 11) is 0. The number of likely N-dealkylation sites (tertiary alicyclic amines) is 3. The van der Waals surface area contributed by atoms with Gasteiger partial charge in [0.25, 0.3) is 5.91 Å². The molecule has 46 heavy (non-hydrogen) atoms. The lowest BCUT2D eigenvalue weighted by Gasteiger charge is -2.41. The van der Waals surface area contributed by atoms with E-state index < -0.39 is 11.9 Å². The molecule has 0 spiro atoms. The van der Waals surface area contributed by atoms with Crippen LogP contribution in [0.15, 0.2) is 42.5 Å². The SMILES string of the molecule is O=C(N[C@@H](CC(=O)N1CCC(N2Cc3ccccc3NC2=O)CC1)C(=O)N1CCC(N2CCCCC2)CC1)c1ccc(Cl)c(Cl)c1. The molecule has 3 fully saturated rings. The Morgan fingerprint density at radius 2 is 1.50 bits per heavy atom. The summed E-state index contributed by atoms with van der Waals surface area (Å²) in [5.41, 5.74) is 2.18. The number of halogens is 2. The lowest BCUT2D eigenvalue weighted by molar-refractivity contribution is -0.140. The van der Waals surface area contributed by atoms with Crippen molar-refractivity contribution in [3.63, 3.8) is 0 Å². The minimum absolute atomic E-state index is 0.00499. The first kappa shape index (κ1) is 32.6. The zero-order chi connectivity index (χ0) is 32.2. The Kier molecular flexibility index (Phi) is 10.4. The highest BCUT2D eigenvalue weighted by Gasteiger charge is 2.36. The number of nitrogens with one attached hydrogen (secondary N) is 2. The van der Waals surface area contributed by atoms with E-state index >= 15 is 0 Å². The Morgan fingerprint density at radius 1 is 0.826 bits per heavy atom. The molecule has 2 aromatic rings. The van der Waals surface area contributed by atoms with Gasteiger partial charge in [-0.1, -0.05) is 47.8 Å². The molecule has 3 saturated heterocycles. The molecule has 246 valence electrons. The largest absolute Gasteiger partial charge is 0.342 e. The molecule has 6 rings (SSSR count). The molecule has 5 amide bonds. The maximum absolute atomic E-state index is 13.9. The van der Waals surface area contributed by atoms with Crippen LogP contribution in [0.3, 0.4) is 0 Å². The van der Waals surface area contributed by atoms with Gasteiger partial charge in [-0.05, 0) is 81.4 Å². The van der Waals surface area contributed by atoms with E-state index in [9.17, 15) is 19.2 Å². The molecule has 4 aliphatic rings. The second-order valence-corrected chi connectivity index (χ2v) is 13.7. The fourth-order valence-electron chi connectivity index (χ4n) is 7.28. The van der Waals surface area contributed by atoms with Crippen LogP contribution in [0.2, 0.25) is 10.0 Å². The average molecular weight is 670 g/mol. The summed E-state index contributed by atoms with van der Waals surface area (Å²) < 4.78 is 0. The van der Waals surface area contributed by atoms with Crippen molar-refractivity contribution in [2.75, 3.05) is 44.6 Å². The van der Waals surface area contributed by atoms with Crippen LogP contribution >= 0.6 is 23.2 Å². The Labute approximate surface area is 280 Å². The Hall–Kier alpha value is -3.34.